The fraction of sp³-hybridized carbons (Fsp3) is 1.00. The minimum atomic E-state index is -3.43. The van der Waals surface area contributed by atoms with Gasteiger partial charge in [0, 0.05) is 29.4 Å². The highest BCUT2D eigenvalue weighted by atomic mass is 32.2. The second kappa shape index (κ2) is 5.04. The standard InChI is InChI=1S/C5H13O4PS/c1-3-11(8)5-4-10(6,7)9-2/h3-5H2,1-2H3,(H,6,7). The van der Waals surface area contributed by atoms with Gasteiger partial charge < -0.3 is 9.42 Å². The quantitative estimate of drug-likeness (QED) is 0.659. The van der Waals surface area contributed by atoms with Crippen LogP contribution in [0.5, 0.6) is 0 Å². The van der Waals surface area contributed by atoms with E-state index in [9.17, 15) is 8.77 Å². The molecule has 11 heavy (non-hydrogen) atoms. The summed E-state index contributed by atoms with van der Waals surface area (Å²) in [6.45, 7) is 1.77. The van der Waals surface area contributed by atoms with Gasteiger partial charge in [-0.1, -0.05) is 6.92 Å². The zero-order chi connectivity index (χ0) is 8.91. The van der Waals surface area contributed by atoms with Crippen LogP contribution in [0.4, 0.5) is 0 Å². The van der Waals surface area contributed by atoms with Gasteiger partial charge in [-0.05, 0) is 0 Å². The molecule has 0 bridgehead atoms. The maximum Gasteiger partial charge on any atom is 0.328 e. The number of hydrogen-bond donors (Lipinski definition) is 1. The Labute approximate surface area is 68.9 Å². The van der Waals surface area contributed by atoms with E-state index in [0.29, 0.717) is 5.75 Å². The van der Waals surface area contributed by atoms with Gasteiger partial charge in [0.05, 0.1) is 6.16 Å². The van der Waals surface area contributed by atoms with Crippen LogP contribution in [0.1, 0.15) is 6.92 Å². The zero-order valence-electron chi connectivity index (χ0n) is 6.65. The Morgan fingerprint density at radius 2 is 2.18 bits per heavy atom. The lowest BCUT2D eigenvalue weighted by atomic mass is 10.9. The van der Waals surface area contributed by atoms with Crippen LogP contribution in [0, 0.1) is 0 Å². The van der Waals surface area contributed by atoms with E-state index in [1.54, 1.807) is 6.92 Å². The van der Waals surface area contributed by atoms with Crippen molar-refractivity contribution < 1.29 is 18.2 Å². The summed E-state index contributed by atoms with van der Waals surface area (Å²) in [5.41, 5.74) is 0. The first-order valence-corrected chi connectivity index (χ1v) is 6.49. The monoisotopic (exact) mass is 200 g/mol. The Kier molecular flexibility index (Phi) is 5.17. The molecular weight excluding hydrogens is 187 g/mol. The summed E-state index contributed by atoms with van der Waals surface area (Å²) in [6.07, 6.45) is -0.0239. The molecule has 0 aromatic heterocycles. The smallest absolute Gasteiger partial charge is 0.324 e. The first kappa shape index (κ1) is 11.3. The van der Waals surface area contributed by atoms with Gasteiger partial charge in [0.1, 0.15) is 0 Å². The molecule has 0 saturated heterocycles. The van der Waals surface area contributed by atoms with E-state index in [0.717, 1.165) is 0 Å². The van der Waals surface area contributed by atoms with E-state index in [1.165, 1.54) is 7.11 Å². The van der Waals surface area contributed by atoms with Crippen molar-refractivity contribution in [2.75, 3.05) is 24.8 Å². The lowest BCUT2D eigenvalue weighted by Crippen LogP contribution is -2.05. The highest BCUT2D eigenvalue weighted by Gasteiger charge is 2.17. The summed E-state index contributed by atoms with van der Waals surface area (Å²) in [6, 6.07) is 0. The average Bonchev–Trinajstić information content (AvgIpc) is 2.00. The van der Waals surface area contributed by atoms with Gasteiger partial charge in [-0.15, -0.1) is 0 Å². The molecule has 0 rings (SSSR count). The van der Waals surface area contributed by atoms with Crippen molar-refractivity contribution in [3.63, 3.8) is 0 Å². The molecule has 0 aliphatic heterocycles. The van der Waals surface area contributed by atoms with Gasteiger partial charge in [0.25, 0.3) is 0 Å². The second-order valence-electron chi connectivity index (χ2n) is 1.98. The van der Waals surface area contributed by atoms with Crippen LogP contribution >= 0.6 is 7.60 Å². The number of hydrogen-bond acceptors (Lipinski definition) is 3. The molecule has 4 nitrogen and oxygen atoms in total. The Morgan fingerprint density at radius 1 is 1.64 bits per heavy atom. The van der Waals surface area contributed by atoms with Gasteiger partial charge in [0.2, 0.25) is 0 Å². The predicted molar refractivity (Wildman–Crippen MR) is 45.3 cm³/mol. The van der Waals surface area contributed by atoms with Crippen LogP contribution < -0.4 is 0 Å². The van der Waals surface area contributed by atoms with Crippen LogP contribution in [0.2, 0.25) is 0 Å². The molecule has 0 saturated carbocycles. The third-order valence-electron chi connectivity index (χ3n) is 1.21. The summed E-state index contributed by atoms with van der Waals surface area (Å²) in [7, 11) is -3.24. The lowest BCUT2D eigenvalue weighted by Gasteiger charge is -2.06. The molecule has 0 spiro atoms. The zero-order valence-corrected chi connectivity index (χ0v) is 8.36. The Morgan fingerprint density at radius 3 is 2.55 bits per heavy atom. The van der Waals surface area contributed by atoms with E-state index in [4.69, 9.17) is 4.89 Å². The summed E-state index contributed by atoms with van der Waals surface area (Å²) >= 11 is 0. The molecule has 0 aromatic carbocycles. The SMILES string of the molecule is CCS(=O)CCP(=O)(O)OC. The van der Waals surface area contributed by atoms with Crippen molar-refractivity contribution >= 4 is 18.4 Å². The summed E-state index contributed by atoms with van der Waals surface area (Å²) in [5.74, 6) is 0.752. The lowest BCUT2D eigenvalue weighted by molar-refractivity contribution is 0.317. The molecule has 0 amide bonds. The van der Waals surface area contributed by atoms with Crippen molar-refractivity contribution in [2.24, 2.45) is 0 Å². The third kappa shape index (κ3) is 5.56. The predicted octanol–water partition coefficient (Wildman–Crippen LogP) is 0.587. The van der Waals surface area contributed by atoms with Crippen molar-refractivity contribution in [2.45, 2.75) is 6.92 Å². The molecule has 0 aromatic rings. The van der Waals surface area contributed by atoms with E-state index in [1.807, 2.05) is 0 Å². The van der Waals surface area contributed by atoms with Crippen LogP contribution in [0.15, 0.2) is 0 Å². The second-order valence-corrected chi connectivity index (χ2v) is 5.93. The first-order valence-electron chi connectivity index (χ1n) is 3.24. The fourth-order valence-corrected chi connectivity index (χ4v) is 2.66. The van der Waals surface area contributed by atoms with Gasteiger partial charge in [-0.2, -0.15) is 0 Å². The molecule has 6 heteroatoms. The van der Waals surface area contributed by atoms with Gasteiger partial charge in [0.15, 0.2) is 0 Å². The number of rotatable bonds is 5. The highest BCUT2D eigenvalue weighted by molar-refractivity contribution is 7.85. The maximum absolute atomic E-state index is 10.8. The highest BCUT2D eigenvalue weighted by Crippen LogP contribution is 2.39. The molecule has 0 heterocycles. The van der Waals surface area contributed by atoms with Gasteiger partial charge >= 0.3 is 7.60 Å². The summed E-state index contributed by atoms with van der Waals surface area (Å²) < 4.78 is 25.9. The largest absolute Gasteiger partial charge is 0.328 e. The van der Waals surface area contributed by atoms with Crippen molar-refractivity contribution in [1.29, 1.82) is 0 Å². The van der Waals surface area contributed by atoms with Crippen molar-refractivity contribution in [3.8, 4) is 0 Å². The Bertz CT molecular complexity index is 181. The van der Waals surface area contributed by atoms with Gasteiger partial charge in [-0.3, -0.25) is 8.77 Å². The minimum Gasteiger partial charge on any atom is -0.324 e. The molecule has 1 N–H and O–H groups in total. The van der Waals surface area contributed by atoms with E-state index < -0.39 is 18.4 Å². The molecule has 0 aliphatic carbocycles. The van der Waals surface area contributed by atoms with E-state index >= 15 is 0 Å². The molecule has 0 fully saturated rings. The van der Waals surface area contributed by atoms with E-state index in [2.05, 4.69) is 4.52 Å². The van der Waals surface area contributed by atoms with Gasteiger partial charge in [-0.25, -0.2) is 0 Å². The molecule has 0 radical (unpaired) electrons. The molecular formula is C5H13O4PS. The van der Waals surface area contributed by atoms with Crippen LogP contribution in [0.25, 0.3) is 0 Å². The van der Waals surface area contributed by atoms with Crippen molar-refractivity contribution in [3.05, 3.63) is 0 Å². The minimum absolute atomic E-state index is 0.0239. The first-order chi connectivity index (χ1) is 5.02. The third-order valence-corrected chi connectivity index (χ3v) is 4.17. The summed E-state index contributed by atoms with van der Waals surface area (Å²) in [5, 5.41) is 0. The molecule has 2 unspecified atom stereocenters. The Balaban J connectivity index is 3.70. The molecule has 68 valence electrons. The topological polar surface area (TPSA) is 63.6 Å². The normalized spacial score (nSPS) is 19.2. The summed E-state index contributed by atoms with van der Waals surface area (Å²) in [4.78, 5) is 8.87. The maximum atomic E-state index is 10.8. The van der Waals surface area contributed by atoms with Crippen molar-refractivity contribution in [1.82, 2.24) is 0 Å². The van der Waals surface area contributed by atoms with E-state index in [-0.39, 0.29) is 11.9 Å². The van der Waals surface area contributed by atoms with Crippen LogP contribution in [0.3, 0.4) is 0 Å². The Hall–Kier alpha value is 0.300. The van der Waals surface area contributed by atoms with Crippen LogP contribution in [-0.4, -0.2) is 33.9 Å². The van der Waals surface area contributed by atoms with Crippen LogP contribution in [-0.2, 0) is 19.9 Å². The molecule has 2 atom stereocenters. The average molecular weight is 200 g/mol. The molecule has 0 aliphatic rings. The fourth-order valence-electron chi connectivity index (χ4n) is 0.453.